The van der Waals surface area contributed by atoms with Crippen LogP contribution < -0.4 is 10.1 Å². The second-order valence-electron chi connectivity index (χ2n) is 6.21. The second kappa shape index (κ2) is 4.50. The van der Waals surface area contributed by atoms with Gasteiger partial charge in [0, 0.05) is 18.2 Å². The quantitative estimate of drug-likeness (QED) is 0.880. The zero-order chi connectivity index (χ0) is 12.8. The van der Waals surface area contributed by atoms with Crippen molar-refractivity contribution in [1.82, 2.24) is 10.2 Å². The summed E-state index contributed by atoms with van der Waals surface area (Å²) < 4.78 is 6.01. The molecule has 3 aliphatic rings. The minimum absolute atomic E-state index is 0.407. The number of para-hydroxylation sites is 1. The summed E-state index contributed by atoms with van der Waals surface area (Å²) >= 11 is 0. The Morgan fingerprint density at radius 2 is 2.16 bits per heavy atom. The summed E-state index contributed by atoms with van der Waals surface area (Å²) in [6, 6.07) is 10.2. The van der Waals surface area contributed by atoms with Crippen LogP contribution in [0.4, 0.5) is 0 Å². The Bertz CT molecular complexity index is 476. The van der Waals surface area contributed by atoms with Crippen LogP contribution in [-0.4, -0.2) is 37.2 Å². The fourth-order valence-electron chi connectivity index (χ4n) is 4.35. The molecule has 102 valence electrons. The van der Waals surface area contributed by atoms with E-state index < -0.39 is 0 Å². The number of rotatable bonds is 2. The van der Waals surface area contributed by atoms with Crippen molar-refractivity contribution < 1.29 is 4.74 Å². The highest BCUT2D eigenvalue weighted by atomic mass is 16.5. The number of benzene rings is 1. The first kappa shape index (κ1) is 11.7. The van der Waals surface area contributed by atoms with Gasteiger partial charge in [0.1, 0.15) is 12.4 Å². The van der Waals surface area contributed by atoms with Gasteiger partial charge in [-0.3, -0.25) is 4.90 Å². The maximum Gasteiger partial charge on any atom is 0.124 e. The maximum atomic E-state index is 6.01. The summed E-state index contributed by atoms with van der Waals surface area (Å²) in [6.45, 7) is 2.10. The number of nitrogens with one attached hydrogen (secondary N) is 1. The summed E-state index contributed by atoms with van der Waals surface area (Å²) in [5.41, 5.74) is 1.32. The van der Waals surface area contributed by atoms with Gasteiger partial charge in [0.2, 0.25) is 0 Å². The third-order valence-electron chi connectivity index (χ3n) is 5.24. The van der Waals surface area contributed by atoms with E-state index in [2.05, 4.69) is 41.5 Å². The van der Waals surface area contributed by atoms with Gasteiger partial charge in [0.15, 0.2) is 0 Å². The minimum atomic E-state index is 0.407. The Labute approximate surface area is 114 Å². The Morgan fingerprint density at radius 1 is 1.26 bits per heavy atom. The summed E-state index contributed by atoms with van der Waals surface area (Å²) in [5.74, 6) is 2.00. The lowest BCUT2D eigenvalue weighted by Gasteiger charge is -2.42. The van der Waals surface area contributed by atoms with Gasteiger partial charge in [-0.25, -0.2) is 0 Å². The van der Waals surface area contributed by atoms with E-state index in [1.807, 2.05) is 0 Å². The van der Waals surface area contributed by atoms with Crippen LogP contribution >= 0.6 is 0 Å². The van der Waals surface area contributed by atoms with E-state index >= 15 is 0 Å². The molecule has 2 heterocycles. The minimum Gasteiger partial charge on any atom is -0.492 e. The van der Waals surface area contributed by atoms with E-state index in [9.17, 15) is 0 Å². The normalized spacial score (nSPS) is 37.1. The van der Waals surface area contributed by atoms with Crippen LogP contribution in [0.2, 0.25) is 0 Å². The molecule has 4 unspecified atom stereocenters. The third-order valence-corrected chi connectivity index (χ3v) is 5.24. The molecule has 2 bridgehead atoms. The molecule has 0 radical (unpaired) electrons. The van der Waals surface area contributed by atoms with E-state index in [0.717, 1.165) is 24.3 Å². The molecule has 0 amide bonds. The predicted octanol–water partition coefficient (Wildman–Crippen LogP) is 2.19. The number of hydrogen-bond acceptors (Lipinski definition) is 3. The Balaban J connectivity index is 1.64. The molecule has 0 spiro atoms. The van der Waals surface area contributed by atoms with E-state index in [0.29, 0.717) is 12.1 Å². The van der Waals surface area contributed by atoms with Crippen LogP contribution in [0, 0.1) is 5.92 Å². The van der Waals surface area contributed by atoms with Crippen molar-refractivity contribution in [2.75, 3.05) is 20.2 Å². The summed E-state index contributed by atoms with van der Waals surface area (Å²) in [5, 5.41) is 3.52. The molecule has 2 fully saturated rings. The van der Waals surface area contributed by atoms with Gasteiger partial charge in [-0.1, -0.05) is 18.2 Å². The van der Waals surface area contributed by atoms with Crippen molar-refractivity contribution in [3.63, 3.8) is 0 Å². The van der Waals surface area contributed by atoms with Crippen LogP contribution in [0.25, 0.3) is 0 Å². The van der Waals surface area contributed by atoms with Crippen molar-refractivity contribution in [2.45, 2.75) is 37.4 Å². The topological polar surface area (TPSA) is 24.5 Å². The maximum absolute atomic E-state index is 6.01. The monoisotopic (exact) mass is 258 g/mol. The Kier molecular flexibility index (Phi) is 2.78. The summed E-state index contributed by atoms with van der Waals surface area (Å²) in [6.07, 6.45) is 4.24. The smallest absolute Gasteiger partial charge is 0.124 e. The molecule has 19 heavy (non-hydrogen) atoms. The number of likely N-dealkylation sites (N-methyl/N-ethyl adjacent to an activating group) is 1. The lowest BCUT2D eigenvalue weighted by molar-refractivity contribution is 0.0640. The predicted molar refractivity (Wildman–Crippen MR) is 75.4 cm³/mol. The molecule has 1 aliphatic carbocycles. The van der Waals surface area contributed by atoms with Crippen molar-refractivity contribution in [1.29, 1.82) is 0 Å². The first-order chi connectivity index (χ1) is 9.36. The fraction of sp³-hybridized carbons (Fsp3) is 0.625. The largest absolute Gasteiger partial charge is 0.492 e. The zero-order valence-electron chi connectivity index (χ0n) is 11.5. The molecule has 4 rings (SSSR count). The number of piperidine rings is 1. The molecule has 1 saturated carbocycles. The van der Waals surface area contributed by atoms with Crippen LogP contribution in [0.5, 0.6) is 5.75 Å². The SMILES string of the molecule is CNC1c2ccccc2OCC1N1CC2CCC1C2. The van der Waals surface area contributed by atoms with Gasteiger partial charge in [-0.15, -0.1) is 0 Å². The van der Waals surface area contributed by atoms with Gasteiger partial charge in [-0.05, 0) is 38.3 Å². The lowest BCUT2D eigenvalue weighted by atomic mass is 9.94. The van der Waals surface area contributed by atoms with Gasteiger partial charge in [-0.2, -0.15) is 0 Å². The van der Waals surface area contributed by atoms with E-state index in [4.69, 9.17) is 4.74 Å². The third kappa shape index (κ3) is 1.79. The van der Waals surface area contributed by atoms with Crippen molar-refractivity contribution in [3.05, 3.63) is 29.8 Å². The average Bonchev–Trinajstić information content (AvgIpc) is 3.08. The number of nitrogens with zero attached hydrogens (tertiary/aromatic N) is 1. The van der Waals surface area contributed by atoms with E-state index in [-0.39, 0.29) is 0 Å². The lowest BCUT2D eigenvalue weighted by Crippen LogP contribution is -2.52. The standard InChI is InChI=1S/C16H22N2O/c1-17-16-13-4-2-3-5-15(13)19-10-14(16)18-9-11-6-7-12(18)8-11/h2-5,11-12,14,16-17H,6-10H2,1H3. The molecule has 1 N–H and O–H groups in total. The van der Waals surface area contributed by atoms with Gasteiger partial charge < -0.3 is 10.1 Å². The van der Waals surface area contributed by atoms with E-state index in [1.54, 1.807) is 0 Å². The van der Waals surface area contributed by atoms with Crippen LogP contribution in [-0.2, 0) is 0 Å². The van der Waals surface area contributed by atoms with E-state index in [1.165, 1.54) is 31.4 Å². The molecular formula is C16H22N2O. The molecule has 1 aromatic carbocycles. The van der Waals surface area contributed by atoms with Crippen molar-refractivity contribution in [3.8, 4) is 5.75 Å². The number of hydrogen-bond donors (Lipinski definition) is 1. The van der Waals surface area contributed by atoms with Crippen LogP contribution in [0.3, 0.4) is 0 Å². The highest BCUT2D eigenvalue weighted by molar-refractivity contribution is 5.39. The molecule has 4 atom stereocenters. The molecule has 3 heteroatoms. The molecule has 1 saturated heterocycles. The molecular weight excluding hydrogens is 236 g/mol. The summed E-state index contributed by atoms with van der Waals surface area (Å²) in [7, 11) is 2.08. The van der Waals surface area contributed by atoms with Gasteiger partial charge >= 0.3 is 0 Å². The first-order valence-corrected chi connectivity index (χ1v) is 7.51. The number of fused-ring (bicyclic) bond motifs is 3. The van der Waals surface area contributed by atoms with Gasteiger partial charge in [0.25, 0.3) is 0 Å². The zero-order valence-corrected chi connectivity index (χ0v) is 11.5. The van der Waals surface area contributed by atoms with Crippen molar-refractivity contribution in [2.24, 2.45) is 5.92 Å². The fourth-order valence-corrected chi connectivity index (χ4v) is 4.35. The molecule has 3 nitrogen and oxygen atoms in total. The van der Waals surface area contributed by atoms with Gasteiger partial charge in [0.05, 0.1) is 12.1 Å². The van der Waals surface area contributed by atoms with Crippen LogP contribution in [0.15, 0.2) is 24.3 Å². The second-order valence-corrected chi connectivity index (χ2v) is 6.21. The molecule has 0 aromatic heterocycles. The van der Waals surface area contributed by atoms with Crippen molar-refractivity contribution >= 4 is 0 Å². The first-order valence-electron chi connectivity index (χ1n) is 7.51. The van der Waals surface area contributed by atoms with Crippen LogP contribution in [0.1, 0.15) is 30.9 Å². The number of ether oxygens (including phenoxy) is 1. The Morgan fingerprint density at radius 3 is 2.89 bits per heavy atom. The highest BCUT2D eigenvalue weighted by Gasteiger charge is 2.45. The average molecular weight is 258 g/mol. The highest BCUT2D eigenvalue weighted by Crippen LogP contribution is 2.43. The molecule has 1 aromatic rings. The summed E-state index contributed by atoms with van der Waals surface area (Å²) in [4.78, 5) is 2.71. The Hall–Kier alpha value is -1.06. The number of likely N-dealkylation sites (tertiary alicyclic amines) is 1. The molecule has 2 aliphatic heterocycles.